The molecule has 132 valence electrons. The number of anilines is 1. The first-order chi connectivity index (χ1) is 11.7. The Labute approximate surface area is 150 Å². The topological polar surface area (TPSA) is 118 Å². The molecular weight excluding hydrogens is 366 g/mol. The summed E-state index contributed by atoms with van der Waals surface area (Å²) in [6, 6.07) is 10.6. The molecule has 0 radical (unpaired) electrons. The van der Waals surface area contributed by atoms with Gasteiger partial charge in [-0.15, -0.1) is 0 Å². The number of nitrogens with one attached hydrogen (secondary N) is 2. The van der Waals surface area contributed by atoms with Crippen molar-refractivity contribution in [2.24, 2.45) is 5.73 Å². The maximum Gasteiger partial charge on any atom is 0.261 e. The molecule has 0 unspecified atom stereocenters. The number of primary amides is 1. The van der Waals surface area contributed by atoms with Gasteiger partial charge in [0, 0.05) is 5.69 Å². The lowest BCUT2D eigenvalue weighted by molar-refractivity contribution is -0.117. The zero-order chi connectivity index (χ0) is 18.6. The molecule has 0 spiro atoms. The molecular formula is C16H16ClN3O4S. The highest BCUT2D eigenvalue weighted by molar-refractivity contribution is 7.92. The summed E-state index contributed by atoms with van der Waals surface area (Å²) >= 11 is 5.95. The van der Waals surface area contributed by atoms with E-state index >= 15 is 0 Å². The maximum absolute atomic E-state index is 12.5. The van der Waals surface area contributed by atoms with Crippen LogP contribution in [-0.4, -0.2) is 26.8 Å². The Bertz CT molecular complexity index is 929. The molecule has 0 aliphatic carbocycles. The van der Waals surface area contributed by atoms with E-state index < -0.39 is 21.8 Å². The molecule has 0 heterocycles. The van der Waals surface area contributed by atoms with Crippen molar-refractivity contribution in [3.05, 3.63) is 58.6 Å². The number of benzene rings is 2. The third kappa shape index (κ3) is 4.94. The van der Waals surface area contributed by atoms with E-state index in [1.807, 2.05) is 13.0 Å². The quantitative estimate of drug-likeness (QED) is 0.705. The van der Waals surface area contributed by atoms with E-state index in [-0.39, 0.29) is 22.0 Å². The zero-order valence-corrected chi connectivity index (χ0v) is 14.8. The van der Waals surface area contributed by atoms with Crippen LogP contribution in [-0.2, 0) is 14.8 Å². The summed E-state index contributed by atoms with van der Waals surface area (Å²) in [7, 11) is -3.91. The second kappa shape index (κ2) is 7.54. The van der Waals surface area contributed by atoms with Gasteiger partial charge in [0.25, 0.3) is 15.9 Å². The summed E-state index contributed by atoms with van der Waals surface area (Å²) in [5.41, 5.74) is 6.18. The molecule has 0 aliphatic heterocycles. The minimum absolute atomic E-state index is 0.0523. The van der Waals surface area contributed by atoms with Gasteiger partial charge in [0.1, 0.15) is 0 Å². The smallest absolute Gasteiger partial charge is 0.261 e. The Hall–Kier alpha value is -2.58. The number of sulfonamides is 1. The van der Waals surface area contributed by atoms with Gasteiger partial charge in [-0.05, 0) is 42.8 Å². The van der Waals surface area contributed by atoms with E-state index in [1.54, 1.807) is 18.2 Å². The number of halogens is 1. The Morgan fingerprint density at radius 1 is 1.16 bits per heavy atom. The molecule has 0 saturated carbocycles. The molecule has 0 aliphatic rings. The maximum atomic E-state index is 12.5. The summed E-state index contributed by atoms with van der Waals surface area (Å²) < 4.78 is 27.4. The first-order valence-corrected chi connectivity index (χ1v) is 9.01. The molecule has 9 heteroatoms. The summed E-state index contributed by atoms with van der Waals surface area (Å²) in [6.45, 7) is 1.45. The highest BCUT2D eigenvalue weighted by Crippen LogP contribution is 2.23. The van der Waals surface area contributed by atoms with Crippen LogP contribution in [0.3, 0.4) is 0 Å². The Morgan fingerprint density at radius 3 is 2.52 bits per heavy atom. The van der Waals surface area contributed by atoms with Crippen molar-refractivity contribution in [3.63, 3.8) is 0 Å². The third-order valence-electron chi connectivity index (χ3n) is 3.19. The largest absolute Gasteiger partial charge is 0.368 e. The molecule has 0 saturated heterocycles. The van der Waals surface area contributed by atoms with E-state index in [9.17, 15) is 18.0 Å². The van der Waals surface area contributed by atoms with Crippen LogP contribution in [0.15, 0.2) is 47.4 Å². The fourth-order valence-electron chi connectivity index (χ4n) is 2.03. The van der Waals surface area contributed by atoms with Gasteiger partial charge >= 0.3 is 0 Å². The first kappa shape index (κ1) is 18.8. The summed E-state index contributed by atoms with van der Waals surface area (Å²) in [5.74, 6) is -1.43. The molecule has 7 nitrogen and oxygen atoms in total. The lowest BCUT2D eigenvalue weighted by Crippen LogP contribution is -2.33. The zero-order valence-electron chi connectivity index (χ0n) is 13.2. The Kier molecular flexibility index (Phi) is 5.66. The predicted molar refractivity (Wildman–Crippen MR) is 95.0 cm³/mol. The van der Waals surface area contributed by atoms with Crippen LogP contribution in [0.2, 0.25) is 5.02 Å². The minimum Gasteiger partial charge on any atom is -0.368 e. The van der Waals surface area contributed by atoms with Crippen LogP contribution in [0.1, 0.15) is 15.9 Å². The van der Waals surface area contributed by atoms with Crippen molar-refractivity contribution in [3.8, 4) is 0 Å². The van der Waals surface area contributed by atoms with E-state index in [0.717, 1.165) is 11.6 Å². The lowest BCUT2D eigenvalue weighted by atomic mass is 10.2. The summed E-state index contributed by atoms with van der Waals surface area (Å²) in [6.07, 6.45) is 0. The van der Waals surface area contributed by atoms with E-state index in [1.165, 1.54) is 12.1 Å². The van der Waals surface area contributed by atoms with E-state index in [0.29, 0.717) is 5.69 Å². The van der Waals surface area contributed by atoms with Crippen LogP contribution in [0.4, 0.5) is 5.69 Å². The van der Waals surface area contributed by atoms with Crippen LogP contribution in [0, 0.1) is 6.92 Å². The molecule has 25 heavy (non-hydrogen) atoms. The van der Waals surface area contributed by atoms with Crippen molar-refractivity contribution >= 4 is 39.1 Å². The highest BCUT2D eigenvalue weighted by Gasteiger charge is 2.19. The van der Waals surface area contributed by atoms with Crippen molar-refractivity contribution in [1.29, 1.82) is 0 Å². The number of rotatable bonds is 6. The Morgan fingerprint density at radius 2 is 1.88 bits per heavy atom. The van der Waals surface area contributed by atoms with Crippen LogP contribution < -0.4 is 15.8 Å². The Balaban J connectivity index is 2.31. The van der Waals surface area contributed by atoms with Gasteiger partial charge < -0.3 is 11.1 Å². The van der Waals surface area contributed by atoms with Crippen molar-refractivity contribution < 1.29 is 18.0 Å². The highest BCUT2D eigenvalue weighted by atomic mass is 35.5. The van der Waals surface area contributed by atoms with E-state index in [2.05, 4.69) is 10.0 Å². The lowest BCUT2D eigenvalue weighted by Gasteiger charge is -2.11. The molecule has 2 aromatic carbocycles. The third-order valence-corrected chi connectivity index (χ3v) is 4.89. The molecule has 0 aromatic heterocycles. The van der Waals surface area contributed by atoms with Gasteiger partial charge in [-0.2, -0.15) is 0 Å². The standard InChI is InChI=1S/C16H16ClN3O4S/c1-10-3-2-4-11(7-10)20-25(23,24)12-5-6-14(17)13(8-12)16(22)19-9-15(18)21/h2-8,20H,9H2,1H3,(H2,18,21)(H,19,22). The number of hydrogen-bond acceptors (Lipinski definition) is 4. The van der Waals surface area contributed by atoms with Crippen molar-refractivity contribution in [2.75, 3.05) is 11.3 Å². The van der Waals surface area contributed by atoms with Crippen molar-refractivity contribution in [1.82, 2.24) is 5.32 Å². The number of hydrogen-bond donors (Lipinski definition) is 3. The van der Waals surface area contributed by atoms with Gasteiger partial charge in [-0.3, -0.25) is 14.3 Å². The second-order valence-corrected chi connectivity index (χ2v) is 7.36. The summed E-state index contributed by atoms with van der Waals surface area (Å²) in [4.78, 5) is 22.6. The van der Waals surface area contributed by atoms with Crippen molar-refractivity contribution in [2.45, 2.75) is 11.8 Å². The summed E-state index contributed by atoms with van der Waals surface area (Å²) in [5, 5.41) is 2.31. The SMILES string of the molecule is Cc1cccc(NS(=O)(=O)c2ccc(Cl)c(C(=O)NCC(N)=O)c2)c1. The second-order valence-electron chi connectivity index (χ2n) is 5.27. The molecule has 0 fully saturated rings. The molecule has 2 aromatic rings. The first-order valence-electron chi connectivity index (χ1n) is 7.14. The van der Waals surface area contributed by atoms with E-state index in [4.69, 9.17) is 17.3 Å². The molecule has 0 bridgehead atoms. The molecule has 4 N–H and O–H groups in total. The number of nitrogens with two attached hydrogens (primary N) is 1. The molecule has 0 atom stereocenters. The van der Waals surface area contributed by atoms with Gasteiger partial charge in [0.05, 0.1) is 22.0 Å². The molecule has 2 amide bonds. The number of carbonyl (C=O) groups excluding carboxylic acids is 2. The predicted octanol–water partition coefficient (Wildman–Crippen LogP) is 1.66. The van der Waals surface area contributed by atoms with Gasteiger partial charge in [0.2, 0.25) is 5.91 Å². The fraction of sp³-hybridized carbons (Fsp3) is 0.125. The van der Waals surface area contributed by atoms with Crippen LogP contribution in [0.5, 0.6) is 0 Å². The molecule has 2 rings (SSSR count). The van der Waals surface area contributed by atoms with Gasteiger partial charge in [-0.1, -0.05) is 23.7 Å². The average Bonchev–Trinajstić information content (AvgIpc) is 2.52. The monoisotopic (exact) mass is 381 g/mol. The number of carbonyl (C=O) groups is 2. The van der Waals surface area contributed by atoms with Crippen LogP contribution >= 0.6 is 11.6 Å². The normalized spacial score (nSPS) is 11.0. The average molecular weight is 382 g/mol. The van der Waals surface area contributed by atoms with Gasteiger partial charge in [-0.25, -0.2) is 8.42 Å². The fourth-order valence-corrected chi connectivity index (χ4v) is 3.31. The minimum atomic E-state index is -3.91. The number of amides is 2. The van der Waals surface area contributed by atoms with Crippen LogP contribution in [0.25, 0.3) is 0 Å². The van der Waals surface area contributed by atoms with Gasteiger partial charge in [0.15, 0.2) is 0 Å². The number of aryl methyl sites for hydroxylation is 1.